The van der Waals surface area contributed by atoms with Gasteiger partial charge >= 0.3 is 0 Å². The van der Waals surface area contributed by atoms with Gasteiger partial charge in [-0.05, 0) is 58.6 Å². The molecule has 1 aliphatic heterocycles. The third kappa shape index (κ3) is 3.80. The van der Waals surface area contributed by atoms with E-state index in [2.05, 4.69) is 58.1 Å². The van der Waals surface area contributed by atoms with Crippen molar-refractivity contribution < 1.29 is 4.74 Å². The highest BCUT2D eigenvalue weighted by Crippen LogP contribution is 2.24. The van der Waals surface area contributed by atoms with E-state index in [0.717, 1.165) is 12.8 Å². The van der Waals surface area contributed by atoms with Gasteiger partial charge in [0.1, 0.15) is 0 Å². The van der Waals surface area contributed by atoms with E-state index in [1.807, 2.05) is 0 Å². The predicted octanol–water partition coefficient (Wildman–Crippen LogP) is 3.91. The van der Waals surface area contributed by atoms with E-state index < -0.39 is 0 Å². The molecule has 0 aromatic heterocycles. The number of hydrogen-bond acceptors (Lipinski definition) is 2. The molecule has 1 aromatic rings. The van der Waals surface area contributed by atoms with Crippen molar-refractivity contribution >= 4 is 0 Å². The molecule has 1 aromatic carbocycles. The summed E-state index contributed by atoms with van der Waals surface area (Å²) in [6.07, 6.45) is 2.96. The highest BCUT2D eigenvalue weighted by atomic mass is 16.5. The molecule has 0 bridgehead atoms. The molecule has 2 heteroatoms. The molecule has 0 saturated carbocycles. The summed E-state index contributed by atoms with van der Waals surface area (Å²) in [5, 5.41) is 3.78. The number of ether oxygens (including phenoxy) is 1. The molecule has 19 heavy (non-hydrogen) atoms. The van der Waals surface area contributed by atoms with Crippen LogP contribution < -0.4 is 5.32 Å². The Kier molecular flexibility index (Phi) is 4.64. The minimum Gasteiger partial charge on any atom is -0.375 e. The maximum Gasteiger partial charge on any atom is 0.0565 e. The van der Waals surface area contributed by atoms with Crippen LogP contribution in [0.1, 0.15) is 56.3 Å². The average Bonchev–Trinajstić information content (AvgIpc) is 2.26. The zero-order valence-electron chi connectivity index (χ0n) is 12.9. The number of hydrogen-bond donors (Lipinski definition) is 1. The third-order valence-electron chi connectivity index (χ3n) is 4.08. The van der Waals surface area contributed by atoms with Crippen molar-refractivity contribution in [3.8, 4) is 0 Å². The summed E-state index contributed by atoms with van der Waals surface area (Å²) in [5.74, 6) is 0. The fourth-order valence-corrected chi connectivity index (χ4v) is 3.30. The standard InChI is InChI=1S/C17H27NO/c1-11-6-7-17(12(2)8-11)15(5)18-16-9-13(3)19-14(4)10-16/h6-8,13-16,18H,9-10H2,1-5H3. The summed E-state index contributed by atoms with van der Waals surface area (Å²) >= 11 is 0. The van der Waals surface area contributed by atoms with Gasteiger partial charge < -0.3 is 10.1 Å². The fourth-order valence-electron chi connectivity index (χ4n) is 3.30. The van der Waals surface area contributed by atoms with Crippen molar-refractivity contribution in [2.24, 2.45) is 0 Å². The summed E-state index contributed by atoms with van der Waals surface area (Å²) in [5.41, 5.74) is 4.13. The molecule has 3 atom stereocenters. The van der Waals surface area contributed by atoms with E-state index in [4.69, 9.17) is 4.74 Å². The van der Waals surface area contributed by atoms with Crippen molar-refractivity contribution in [3.63, 3.8) is 0 Å². The second kappa shape index (κ2) is 6.06. The van der Waals surface area contributed by atoms with Crippen LogP contribution in [0.5, 0.6) is 0 Å². The smallest absolute Gasteiger partial charge is 0.0565 e. The van der Waals surface area contributed by atoms with Crippen molar-refractivity contribution in [2.75, 3.05) is 0 Å². The molecule has 1 N–H and O–H groups in total. The van der Waals surface area contributed by atoms with Gasteiger partial charge in [-0.3, -0.25) is 0 Å². The van der Waals surface area contributed by atoms with Crippen LogP contribution in [0.4, 0.5) is 0 Å². The quantitative estimate of drug-likeness (QED) is 0.890. The molecular weight excluding hydrogens is 234 g/mol. The van der Waals surface area contributed by atoms with Gasteiger partial charge in [0, 0.05) is 12.1 Å². The molecule has 106 valence electrons. The molecule has 2 rings (SSSR count). The summed E-state index contributed by atoms with van der Waals surface area (Å²) in [6.45, 7) is 11.0. The third-order valence-corrected chi connectivity index (χ3v) is 4.08. The van der Waals surface area contributed by atoms with Crippen molar-refractivity contribution in [2.45, 2.75) is 71.8 Å². The second-order valence-corrected chi connectivity index (χ2v) is 6.17. The molecule has 2 nitrogen and oxygen atoms in total. The van der Waals surface area contributed by atoms with E-state index in [9.17, 15) is 0 Å². The molecule has 1 fully saturated rings. The fraction of sp³-hybridized carbons (Fsp3) is 0.647. The van der Waals surface area contributed by atoms with Crippen LogP contribution >= 0.6 is 0 Å². The van der Waals surface area contributed by atoms with Crippen LogP contribution in [0.25, 0.3) is 0 Å². The normalized spacial score (nSPS) is 29.2. The highest BCUT2D eigenvalue weighted by Gasteiger charge is 2.25. The monoisotopic (exact) mass is 261 g/mol. The van der Waals surface area contributed by atoms with Gasteiger partial charge in [0.25, 0.3) is 0 Å². The highest BCUT2D eigenvalue weighted by molar-refractivity contribution is 5.32. The lowest BCUT2D eigenvalue weighted by Gasteiger charge is -2.34. The molecule has 0 amide bonds. The number of rotatable bonds is 3. The first kappa shape index (κ1) is 14.5. The second-order valence-electron chi connectivity index (χ2n) is 6.17. The zero-order chi connectivity index (χ0) is 14.0. The number of benzene rings is 1. The first-order valence-electron chi connectivity index (χ1n) is 7.44. The Morgan fingerprint density at radius 3 is 2.37 bits per heavy atom. The van der Waals surface area contributed by atoms with E-state index in [-0.39, 0.29) is 0 Å². The van der Waals surface area contributed by atoms with Gasteiger partial charge in [-0.1, -0.05) is 23.8 Å². The van der Waals surface area contributed by atoms with Crippen molar-refractivity contribution in [3.05, 3.63) is 34.9 Å². The molecule has 1 saturated heterocycles. The van der Waals surface area contributed by atoms with Crippen molar-refractivity contribution in [1.82, 2.24) is 5.32 Å². The van der Waals surface area contributed by atoms with Crippen LogP contribution in [0.2, 0.25) is 0 Å². The van der Waals surface area contributed by atoms with Gasteiger partial charge in [-0.25, -0.2) is 0 Å². The molecule has 0 spiro atoms. The Bertz CT molecular complexity index is 419. The van der Waals surface area contributed by atoms with Crippen molar-refractivity contribution in [1.29, 1.82) is 0 Å². The van der Waals surface area contributed by atoms with E-state index in [1.54, 1.807) is 0 Å². The Morgan fingerprint density at radius 2 is 1.79 bits per heavy atom. The first-order valence-corrected chi connectivity index (χ1v) is 7.44. The van der Waals surface area contributed by atoms with Gasteiger partial charge in [-0.15, -0.1) is 0 Å². The molecule has 3 unspecified atom stereocenters. The number of nitrogens with one attached hydrogen (secondary N) is 1. The lowest BCUT2D eigenvalue weighted by atomic mass is 9.96. The van der Waals surface area contributed by atoms with E-state index in [0.29, 0.717) is 24.3 Å². The summed E-state index contributed by atoms with van der Waals surface area (Å²) in [7, 11) is 0. The lowest BCUT2D eigenvalue weighted by Crippen LogP contribution is -2.42. The Morgan fingerprint density at radius 1 is 1.16 bits per heavy atom. The van der Waals surface area contributed by atoms with Crippen LogP contribution in [0, 0.1) is 13.8 Å². The van der Waals surface area contributed by atoms with Gasteiger partial charge in [0.2, 0.25) is 0 Å². The molecule has 0 radical (unpaired) electrons. The largest absolute Gasteiger partial charge is 0.375 e. The van der Waals surface area contributed by atoms with Crippen LogP contribution in [-0.4, -0.2) is 18.2 Å². The summed E-state index contributed by atoms with van der Waals surface area (Å²) in [6, 6.07) is 7.70. The van der Waals surface area contributed by atoms with Crippen LogP contribution in [0.15, 0.2) is 18.2 Å². The van der Waals surface area contributed by atoms with Crippen LogP contribution in [-0.2, 0) is 4.74 Å². The molecule has 1 heterocycles. The lowest BCUT2D eigenvalue weighted by molar-refractivity contribution is -0.0433. The van der Waals surface area contributed by atoms with Gasteiger partial charge in [0.05, 0.1) is 12.2 Å². The number of aryl methyl sites for hydroxylation is 2. The van der Waals surface area contributed by atoms with Crippen LogP contribution in [0.3, 0.4) is 0 Å². The first-order chi connectivity index (χ1) is 8.95. The Labute approximate surface area is 117 Å². The summed E-state index contributed by atoms with van der Waals surface area (Å²) in [4.78, 5) is 0. The predicted molar refractivity (Wildman–Crippen MR) is 80.5 cm³/mol. The zero-order valence-corrected chi connectivity index (χ0v) is 12.9. The maximum absolute atomic E-state index is 5.80. The topological polar surface area (TPSA) is 21.3 Å². The Balaban J connectivity index is 2.02. The minimum atomic E-state index is 0.368. The maximum atomic E-state index is 5.80. The minimum absolute atomic E-state index is 0.368. The SMILES string of the molecule is Cc1ccc(C(C)NC2CC(C)OC(C)C2)c(C)c1. The van der Waals surface area contributed by atoms with E-state index in [1.165, 1.54) is 16.7 Å². The van der Waals surface area contributed by atoms with E-state index >= 15 is 0 Å². The van der Waals surface area contributed by atoms with Gasteiger partial charge in [0.15, 0.2) is 0 Å². The molecular formula is C17H27NO. The molecule has 1 aliphatic rings. The molecule has 0 aliphatic carbocycles. The Hall–Kier alpha value is -0.860. The summed E-state index contributed by atoms with van der Waals surface area (Å²) < 4.78 is 5.80. The average molecular weight is 261 g/mol. The van der Waals surface area contributed by atoms with Gasteiger partial charge in [-0.2, -0.15) is 0 Å².